The van der Waals surface area contributed by atoms with Crippen LogP contribution >= 0.6 is 0 Å². The van der Waals surface area contributed by atoms with Crippen molar-refractivity contribution in [3.8, 4) is 5.75 Å². The summed E-state index contributed by atoms with van der Waals surface area (Å²) in [5.41, 5.74) is 1.40. The lowest BCUT2D eigenvalue weighted by atomic mass is 10.0. The number of ether oxygens (including phenoxy) is 1. The standard InChI is InChI=1S/C10H7O3/c11-6-7-1-3-9-8(5-7)2-4-10(12)13-9/h1,3,5H,2,4H2. The third kappa shape index (κ3) is 1.45. The Kier molecular flexibility index (Phi) is 1.85. The fourth-order valence-electron chi connectivity index (χ4n) is 1.35. The van der Waals surface area contributed by atoms with Crippen molar-refractivity contribution in [2.75, 3.05) is 0 Å². The molecule has 0 saturated carbocycles. The summed E-state index contributed by atoms with van der Waals surface area (Å²) in [5, 5.41) is 0. The van der Waals surface area contributed by atoms with E-state index >= 15 is 0 Å². The first-order valence-electron chi connectivity index (χ1n) is 4.01. The van der Waals surface area contributed by atoms with Gasteiger partial charge in [0, 0.05) is 5.56 Å². The predicted octanol–water partition coefficient (Wildman–Crippen LogP) is 0.996. The van der Waals surface area contributed by atoms with E-state index in [4.69, 9.17) is 4.74 Å². The van der Waals surface area contributed by atoms with Crippen LogP contribution in [0.3, 0.4) is 0 Å². The summed E-state index contributed by atoms with van der Waals surface area (Å²) in [6, 6.07) is 4.92. The summed E-state index contributed by atoms with van der Waals surface area (Å²) >= 11 is 0. The minimum atomic E-state index is -0.213. The highest BCUT2D eigenvalue weighted by Gasteiger charge is 2.16. The smallest absolute Gasteiger partial charge is 0.311 e. The average molecular weight is 175 g/mol. The quantitative estimate of drug-likeness (QED) is 0.472. The molecule has 13 heavy (non-hydrogen) atoms. The normalized spacial score (nSPS) is 14.6. The van der Waals surface area contributed by atoms with Gasteiger partial charge in [-0.3, -0.25) is 9.59 Å². The molecule has 3 nitrogen and oxygen atoms in total. The number of hydrogen-bond acceptors (Lipinski definition) is 3. The van der Waals surface area contributed by atoms with E-state index in [1.807, 2.05) is 0 Å². The van der Waals surface area contributed by atoms with Crippen LogP contribution in [-0.4, -0.2) is 12.3 Å². The van der Waals surface area contributed by atoms with Crippen LogP contribution in [0.2, 0.25) is 0 Å². The first-order chi connectivity index (χ1) is 6.29. The number of esters is 1. The van der Waals surface area contributed by atoms with E-state index in [1.54, 1.807) is 24.5 Å². The maximum atomic E-state index is 10.9. The van der Waals surface area contributed by atoms with Gasteiger partial charge in [0.2, 0.25) is 6.29 Å². The van der Waals surface area contributed by atoms with Gasteiger partial charge in [0.15, 0.2) is 0 Å². The van der Waals surface area contributed by atoms with Gasteiger partial charge in [-0.05, 0) is 30.2 Å². The fourth-order valence-corrected chi connectivity index (χ4v) is 1.35. The van der Waals surface area contributed by atoms with Gasteiger partial charge in [0.1, 0.15) is 5.75 Å². The van der Waals surface area contributed by atoms with Crippen molar-refractivity contribution in [1.82, 2.24) is 0 Å². The van der Waals surface area contributed by atoms with Gasteiger partial charge in [-0.15, -0.1) is 0 Å². The van der Waals surface area contributed by atoms with Crippen molar-refractivity contribution < 1.29 is 14.3 Å². The summed E-state index contributed by atoms with van der Waals surface area (Å²) in [5.74, 6) is 0.352. The molecule has 0 aromatic heterocycles. The highest BCUT2D eigenvalue weighted by atomic mass is 16.5. The molecule has 0 unspecified atom stereocenters. The minimum absolute atomic E-state index is 0.213. The third-order valence-electron chi connectivity index (χ3n) is 2.00. The third-order valence-corrected chi connectivity index (χ3v) is 2.00. The van der Waals surface area contributed by atoms with Crippen molar-refractivity contribution in [3.63, 3.8) is 0 Å². The highest BCUT2D eigenvalue weighted by molar-refractivity contribution is 5.79. The predicted molar refractivity (Wildman–Crippen MR) is 45.2 cm³/mol. The summed E-state index contributed by atoms with van der Waals surface area (Å²) in [4.78, 5) is 21.2. The molecular weight excluding hydrogens is 168 g/mol. The van der Waals surface area contributed by atoms with E-state index in [1.165, 1.54) is 0 Å². The van der Waals surface area contributed by atoms with Crippen LogP contribution in [0.25, 0.3) is 0 Å². The van der Waals surface area contributed by atoms with Crippen molar-refractivity contribution >= 4 is 12.3 Å². The maximum absolute atomic E-state index is 10.9. The summed E-state index contributed by atoms with van der Waals surface area (Å²) < 4.78 is 4.96. The number of aryl methyl sites for hydroxylation is 1. The van der Waals surface area contributed by atoms with Crippen LogP contribution < -0.4 is 4.74 Å². The zero-order chi connectivity index (χ0) is 9.26. The maximum Gasteiger partial charge on any atom is 0.311 e. The van der Waals surface area contributed by atoms with E-state index in [0.29, 0.717) is 24.2 Å². The Labute approximate surface area is 75.3 Å². The van der Waals surface area contributed by atoms with Crippen LogP contribution in [0.1, 0.15) is 17.5 Å². The van der Waals surface area contributed by atoms with Gasteiger partial charge in [-0.25, -0.2) is 0 Å². The molecule has 0 saturated heterocycles. The summed E-state index contributed by atoms with van der Waals surface area (Å²) in [7, 11) is 0. The number of rotatable bonds is 1. The fraction of sp³-hybridized carbons (Fsp3) is 0.200. The Morgan fingerprint density at radius 2 is 2.15 bits per heavy atom. The second-order valence-electron chi connectivity index (χ2n) is 2.90. The van der Waals surface area contributed by atoms with Gasteiger partial charge < -0.3 is 4.74 Å². The van der Waals surface area contributed by atoms with Gasteiger partial charge in [0.25, 0.3) is 0 Å². The number of hydrogen-bond donors (Lipinski definition) is 0. The van der Waals surface area contributed by atoms with Crippen molar-refractivity contribution in [2.24, 2.45) is 0 Å². The Morgan fingerprint density at radius 3 is 2.92 bits per heavy atom. The molecule has 0 atom stereocenters. The molecule has 1 aromatic rings. The molecule has 0 spiro atoms. The van der Waals surface area contributed by atoms with E-state index in [9.17, 15) is 9.59 Å². The molecule has 65 valence electrons. The molecule has 2 rings (SSSR count). The van der Waals surface area contributed by atoms with Crippen LogP contribution in [0, 0.1) is 0 Å². The molecular formula is C10H7O3. The molecule has 0 bridgehead atoms. The van der Waals surface area contributed by atoms with E-state index in [0.717, 1.165) is 5.56 Å². The van der Waals surface area contributed by atoms with Crippen molar-refractivity contribution in [3.05, 3.63) is 29.3 Å². The lowest BCUT2D eigenvalue weighted by molar-refractivity contribution is -0.135. The van der Waals surface area contributed by atoms with Crippen molar-refractivity contribution in [2.45, 2.75) is 12.8 Å². The van der Waals surface area contributed by atoms with Crippen molar-refractivity contribution in [1.29, 1.82) is 0 Å². The van der Waals surface area contributed by atoms with Gasteiger partial charge in [-0.1, -0.05) is 0 Å². The van der Waals surface area contributed by atoms with Gasteiger partial charge in [0.05, 0.1) is 6.42 Å². The molecule has 1 aliphatic heterocycles. The Balaban J connectivity index is 2.42. The molecule has 0 fully saturated rings. The SMILES string of the molecule is O=[C]c1ccc2c(c1)CCC(=O)O2. The zero-order valence-electron chi connectivity index (χ0n) is 6.87. The number of carbonyl (C=O) groups is 1. The molecule has 0 amide bonds. The molecule has 0 aliphatic carbocycles. The lowest BCUT2D eigenvalue weighted by Crippen LogP contribution is -2.15. The molecule has 1 heterocycles. The molecule has 1 radical (unpaired) electrons. The largest absolute Gasteiger partial charge is 0.426 e. The average Bonchev–Trinajstić information content (AvgIpc) is 2.17. The summed E-state index contributed by atoms with van der Waals surface area (Å²) in [6.45, 7) is 0. The molecule has 1 aromatic carbocycles. The Bertz CT molecular complexity index is 368. The second-order valence-corrected chi connectivity index (χ2v) is 2.90. The van der Waals surface area contributed by atoms with Crippen LogP contribution in [0.15, 0.2) is 18.2 Å². The van der Waals surface area contributed by atoms with E-state index < -0.39 is 0 Å². The van der Waals surface area contributed by atoms with Gasteiger partial charge >= 0.3 is 5.97 Å². The Hall–Kier alpha value is -1.64. The van der Waals surface area contributed by atoms with Crippen LogP contribution in [0.4, 0.5) is 0 Å². The molecule has 0 N–H and O–H groups in total. The number of fused-ring (bicyclic) bond motifs is 1. The first kappa shape index (κ1) is 7.98. The lowest BCUT2D eigenvalue weighted by Gasteiger charge is -2.14. The second kappa shape index (κ2) is 3.01. The topological polar surface area (TPSA) is 43.4 Å². The number of carbonyl (C=O) groups excluding carboxylic acids is 2. The zero-order valence-corrected chi connectivity index (χ0v) is 6.87. The summed E-state index contributed by atoms with van der Waals surface area (Å²) in [6.07, 6.45) is 2.82. The monoisotopic (exact) mass is 175 g/mol. The highest BCUT2D eigenvalue weighted by Crippen LogP contribution is 2.25. The number of benzene rings is 1. The van der Waals surface area contributed by atoms with Crippen LogP contribution in [-0.2, 0) is 16.0 Å². The van der Waals surface area contributed by atoms with Gasteiger partial charge in [-0.2, -0.15) is 0 Å². The van der Waals surface area contributed by atoms with E-state index in [2.05, 4.69) is 0 Å². The van der Waals surface area contributed by atoms with Crippen LogP contribution in [0.5, 0.6) is 5.75 Å². The van der Waals surface area contributed by atoms with E-state index in [-0.39, 0.29) is 5.97 Å². The first-order valence-corrected chi connectivity index (χ1v) is 4.01. The molecule has 3 heteroatoms. The minimum Gasteiger partial charge on any atom is -0.426 e. The Morgan fingerprint density at radius 1 is 1.31 bits per heavy atom. The molecule has 1 aliphatic rings.